The van der Waals surface area contributed by atoms with E-state index in [0.29, 0.717) is 0 Å². The number of carbonyl (C=O) groups excluding carboxylic acids is 2. The Labute approximate surface area is 119 Å². The molecule has 0 aromatic carbocycles. The van der Waals surface area contributed by atoms with Crippen LogP contribution in [0.5, 0.6) is 0 Å². The van der Waals surface area contributed by atoms with Crippen molar-refractivity contribution in [3.8, 4) is 0 Å². The molecule has 0 saturated carbocycles. The molecule has 2 amide bonds. The maximum absolute atomic E-state index is 12.0. The molecule has 0 aliphatic heterocycles. The number of carbonyl (C=O) groups is 1. The fraction of sp³-hybridized carbons (Fsp3) is 0.0909. The number of nitrogens with zero attached hydrogens (tertiary/aromatic N) is 3. The van der Waals surface area contributed by atoms with Crippen LogP contribution in [0.4, 0.5) is 10.7 Å². The monoisotopic (exact) mass is 307 g/mol. The molecule has 2 N–H and O–H groups in total. The van der Waals surface area contributed by atoms with Gasteiger partial charge in [-0.3, -0.25) is 5.32 Å². The van der Waals surface area contributed by atoms with Crippen molar-refractivity contribution < 1.29 is 18.0 Å². The van der Waals surface area contributed by atoms with Gasteiger partial charge in [-0.25, -0.2) is 37.7 Å². The van der Waals surface area contributed by atoms with E-state index in [1.165, 1.54) is 12.2 Å². The molecule has 0 saturated heterocycles. The zero-order chi connectivity index (χ0) is 15.3. The SMILES string of the molecule is O=C=C1CC=CC=C1S(=O)(=O)NC(=O)Nc1ncncn1. The highest BCUT2D eigenvalue weighted by molar-refractivity contribution is 7.94. The minimum Gasteiger partial charge on any atom is -0.275 e. The first-order valence-corrected chi connectivity index (χ1v) is 7.08. The zero-order valence-electron chi connectivity index (χ0n) is 10.5. The van der Waals surface area contributed by atoms with Crippen LogP contribution in [-0.2, 0) is 14.8 Å². The average Bonchev–Trinajstić information content (AvgIpc) is 2.47. The van der Waals surface area contributed by atoms with Crippen molar-refractivity contribution >= 4 is 27.9 Å². The number of urea groups is 1. The van der Waals surface area contributed by atoms with Crippen LogP contribution in [0, 0.1) is 0 Å². The number of nitrogens with one attached hydrogen (secondary N) is 2. The van der Waals surface area contributed by atoms with E-state index in [1.54, 1.807) is 16.7 Å². The smallest absolute Gasteiger partial charge is 0.275 e. The van der Waals surface area contributed by atoms with Crippen LogP contribution >= 0.6 is 0 Å². The fourth-order valence-corrected chi connectivity index (χ4v) is 2.61. The van der Waals surface area contributed by atoms with Crippen molar-refractivity contribution in [3.63, 3.8) is 0 Å². The quantitative estimate of drug-likeness (QED) is 0.747. The topological polar surface area (TPSA) is 131 Å². The van der Waals surface area contributed by atoms with E-state index in [9.17, 15) is 18.0 Å². The number of allylic oxidation sites excluding steroid dienone is 4. The Morgan fingerprint density at radius 3 is 2.67 bits per heavy atom. The molecule has 10 heteroatoms. The Hall–Kier alpha value is -2.84. The van der Waals surface area contributed by atoms with Gasteiger partial charge in [0.05, 0.1) is 5.57 Å². The van der Waals surface area contributed by atoms with Crippen molar-refractivity contribution in [2.24, 2.45) is 0 Å². The fourth-order valence-electron chi connectivity index (χ4n) is 1.49. The highest BCUT2D eigenvalue weighted by atomic mass is 32.2. The molecule has 2 rings (SSSR count). The van der Waals surface area contributed by atoms with Crippen molar-refractivity contribution in [2.75, 3.05) is 5.32 Å². The Morgan fingerprint density at radius 1 is 1.29 bits per heavy atom. The van der Waals surface area contributed by atoms with Gasteiger partial charge in [-0.2, -0.15) is 0 Å². The molecule has 0 bridgehead atoms. The third-order valence-corrected chi connectivity index (χ3v) is 3.78. The first-order valence-electron chi connectivity index (χ1n) is 5.60. The molecule has 1 aromatic heterocycles. The second-order valence-electron chi connectivity index (χ2n) is 3.77. The summed E-state index contributed by atoms with van der Waals surface area (Å²) in [7, 11) is -4.19. The first-order chi connectivity index (χ1) is 10.0. The molecule has 0 spiro atoms. The lowest BCUT2D eigenvalue weighted by Gasteiger charge is -2.12. The summed E-state index contributed by atoms with van der Waals surface area (Å²) in [6.45, 7) is 0. The molecule has 1 aliphatic rings. The molecule has 1 heterocycles. The van der Waals surface area contributed by atoms with Gasteiger partial charge in [0.15, 0.2) is 0 Å². The van der Waals surface area contributed by atoms with Crippen molar-refractivity contribution in [2.45, 2.75) is 6.42 Å². The van der Waals surface area contributed by atoms with Gasteiger partial charge >= 0.3 is 6.03 Å². The van der Waals surface area contributed by atoms with Crippen LogP contribution < -0.4 is 10.0 Å². The predicted molar refractivity (Wildman–Crippen MR) is 71.9 cm³/mol. The van der Waals surface area contributed by atoms with Crippen molar-refractivity contribution in [3.05, 3.63) is 41.4 Å². The second kappa shape index (κ2) is 6.07. The maximum atomic E-state index is 12.0. The number of aromatic nitrogens is 3. The first kappa shape index (κ1) is 14.6. The van der Waals surface area contributed by atoms with Gasteiger partial charge in [0.1, 0.15) is 23.5 Å². The Morgan fingerprint density at radius 2 is 2.00 bits per heavy atom. The molecular formula is C11H9N5O4S. The molecule has 108 valence electrons. The second-order valence-corrected chi connectivity index (χ2v) is 5.42. The van der Waals surface area contributed by atoms with Gasteiger partial charge in [-0.05, 0) is 6.08 Å². The molecule has 0 unspecified atom stereocenters. The molecule has 21 heavy (non-hydrogen) atoms. The summed E-state index contributed by atoms with van der Waals surface area (Å²) >= 11 is 0. The lowest BCUT2D eigenvalue weighted by Crippen LogP contribution is -2.36. The predicted octanol–water partition coefficient (Wildman–Crippen LogP) is -0.0753. The van der Waals surface area contributed by atoms with Crippen LogP contribution in [0.25, 0.3) is 0 Å². The highest BCUT2D eigenvalue weighted by Crippen LogP contribution is 2.21. The normalized spacial score (nSPS) is 14.1. The Bertz CT molecular complexity index is 763. The Kier molecular flexibility index (Phi) is 4.21. The summed E-state index contributed by atoms with van der Waals surface area (Å²) < 4.78 is 25.8. The third-order valence-electron chi connectivity index (χ3n) is 2.36. The lowest BCUT2D eigenvalue weighted by molar-refractivity contribution is 0.256. The molecule has 0 radical (unpaired) electrons. The van der Waals surface area contributed by atoms with Crippen molar-refractivity contribution in [1.29, 1.82) is 0 Å². The van der Waals surface area contributed by atoms with Crippen LogP contribution in [0.15, 0.2) is 41.4 Å². The standard InChI is InChI=1S/C11H9N5O4S/c17-5-8-3-1-2-4-9(8)21(19,20)16-11(18)15-10-13-6-12-7-14-10/h1-2,4,6-7H,3H2,(H2,12,13,14,15,16,18). The van der Waals surface area contributed by atoms with Gasteiger partial charge in [0.2, 0.25) is 5.95 Å². The summed E-state index contributed by atoms with van der Waals surface area (Å²) in [6.07, 6.45) is 6.69. The maximum Gasteiger partial charge on any atom is 0.335 e. The van der Waals surface area contributed by atoms with E-state index in [2.05, 4.69) is 20.3 Å². The number of hydrogen-bond acceptors (Lipinski definition) is 7. The summed E-state index contributed by atoms with van der Waals surface area (Å²) in [5.41, 5.74) is -0.0574. The number of rotatable bonds is 3. The molecule has 0 fully saturated rings. The minimum absolute atomic E-state index is 0.0574. The molecule has 0 atom stereocenters. The summed E-state index contributed by atoms with van der Waals surface area (Å²) in [5, 5.41) is 2.13. The van der Waals surface area contributed by atoms with Gasteiger partial charge in [0.25, 0.3) is 10.0 Å². The summed E-state index contributed by atoms with van der Waals surface area (Å²) in [4.78, 5) is 32.8. The zero-order valence-corrected chi connectivity index (χ0v) is 11.3. The summed E-state index contributed by atoms with van der Waals surface area (Å²) in [5.74, 6) is 1.44. The molecular weight excluding hydrogens is 298 g/mol. The largest absolute Gasteiger partial charge is 0.335 e. The van der Waals surface area contributed by atoms with Gasteiger partial charge in [0, 0.05) is 6.42 Å². The van der Waals surface area contributed by atoms with E-state index in [0.717, 1.165) is 12.7 Å². The van der Waals surface area contributed by atoms with Crippen LogP contribution in [0.1, 0.15) is 6.42 Å². The van der Waals surface area contributed by atoms with E-state index < -0.39 is 16.1 Å². The van der Waals surface area contributed by atoms with Gasteiger partial charge in [-0.15, -0.1) is 0 Å². The van der Waals surface area contributed by atoms with E-state index >= 15 is 0 Å². The third kappa shape index (κ3) is 3.59. The van der Waals surface area contributed by atoms with Crippen molar-refractivity contribution in [1.82, 2.24) is 19.7 Å². The van der Waals surface area contributed by atoms with Crippen LogP contribution in [0.3, 0.4) is 0 Å². The number of sulfonamides is 1. The minimum atomic E-state index is -4.19. The summed E-state index contributed by atoms with van der Waals surface area (Å²) in [6, 6.07) is -1.05. The molecule has 9 nitrogen and oxygen atoms in total. The van der Waals surface area contributed by atoms with Crippen LogP contribution in [0.2, 0.25) is 0 Å². The average molecular weight is 307 g/mol. The van der Waals surface area contributed by atoms with Crippen LogP contribution in [-0.4, -0.2) is 35.3 Å². The van der Waals surface area contributed by atoms with E-state index in [1.807, 2.05) is 0 Å². The molecule has 1 aromatic rings. The Balaban J connectivity index is 2.14. The number of anilines is 1. The highest BCUT2D eigenvalue weighted by Gasteiger charge is 2.25. The van der Waals surface area contributed by atoms with E-state index in [4.69, 9.17) is 0 Å². The molecule has 1 aliphatic carbocycles. The van der Waals surface area contributed by atoms with E-state index in [-0.39, 0.29) is 22.8 Å². The lowest BCUT2D eigenvalue weighted by atomic mass is 10.1. The van der Waals surface area contributed by atoms with Gasteiger partial charge in [-0.1, -0.05) is 12.2 Å². The van der Waals surface area contributed by atoms with Gasteiger partial charge < -0.3 is 0 Å². The number of hydrogen-bond donors (Lipinski definition) is 2. The number of amides is 2.